The van der Waals surface area contributed by atoms with E-state index in [1.54, 1.807) is 0 Å². The molecule has 1 heterocycles. The van der Waals surface area contributed by atoms with Crippen LogP contribution < -0.4 is 15.8 Å². The predicted molar refractivity (Wildman–Crippen MR) is 59.8 cm³/mol. The first kappa shape index (κ1) is 10.5. The summed E-state index contributed by atoms with van der Waals surface area (Å²) in [5.41, 5.74) is 8.31. The van der Waals surface area contributed by atoms with Crippen LogP contribution in [-0.4, -0.2) is 19.2 Å². The molecule has 0 spiro atoms. The molecule has 2 N–H and O–H groups in total. The minimum Gasteiger partial charge on any atom is -0.490 e. The van der Waals surface area contributed by atoms with Crippen molar-refractivity contribution in [3.63, 3.8) is 0 Å². The lowest BCUT2D eigenvalue weighted by molar-refractivity contribution is 0.162. The third kappa shape index (κ3) is 2.94. The van der Waals surface area contributed by atoms with Gasteiger partial charge in [-0.15, -0.1) is 0 Å². The largest absolute Gasteiger partial charge is 0.490 e. The molecule has 1 aliphatic rings. The SMILES string of the molecule is [NH]Cc1cccc(OC2CCNCC2)c1. The van der Waals surface area contributed by atoms with E-state index in [9.17, 15) is 0 Å². The van der Waals surface area contributed by atoms with E-state index in [0.29, 0.717) is 12.6 Å². The fourth-order valence-electron chi connectivity index (χ4n) is 1.83. The molecule has 1 aromatic rings. The van der Waals surface area contributed by atoms with Gasteiger partial charge in [0.05, 0.1) is 0 Å². The van der Waals surface area contributed by atoms with Crippen LogP contribution in [0.1, 0.15) is 18.4 Å². The number of ether oxygens (including phenoxy) is 1. The third-order valence-electron chi connectivity index (χ3n) is 2.69. The lowest BCUT2D eigenvalue weighted by Gasteiger charge is -2.23. The Balaban J connectivity index is 1.96. The highest BCUT2D eigenvalue weighted by Gasteiger charge is 2.14. The molecular weight excluding hydrogens is 188 g/mol. The summed E-state index contributed by atoms with van der Waals surface area (Å²) in [6.07, 6.45) is 2.49. The smallest absolute Gasteiger partial charge is 0.120 e. The van der Waals surface area contributed by atoms with Crippen molar-refractivity contribution in [2.75, 3.05) is 13.1 Å². The number of piperidine rings is 1. The highest BCUT2D eigenvalue weighted by atomic mass is 16.5. The van der Waals surface area contributed by atoms with E-state index in [1.165, 1.54) is 0 Å². The van der Waals surface area contributed by atoms with Crippen molar-refractivity contribution in [1.29, 1.82) is 0 Å². The fraction of sp³-hybridized carbons (Fsp3) is 0.500. The van der Waals surface area contributed by atoms with Crippen molar-refractivity contribution in [3.05, 3.63) is 29.8 Å². The molecule has 1 aromatic carbocycles. The zero-order valence-corrected chi connectivity index (χ0v) is 8.83. The van der Waals surface area contributed by atoms with Gasteiger partial charge >= 0.3 is 0 Å². The van der Waals surface area contributed by atoms with E-state index >= 15 is 0 Å². The van der Waals surface area contributed by atoms with E-state index in [4.69, 9.17) is 10.5 Å². The minimum atomic E-state index is 0.323. The summed E-state index contributed by atoms with van der Waals surface area (Å²) in [6, 6.07) is 7.86. The number of rotatable bonds is 3. The summed E-state index contributed by atoms with van der Waals surface area (Å²) in [5, 5.41) is 3.31. The molecule has 0 amide bonds. The monoisotopic (exact) mass is 205 g/mol. The van der Waals surface area contributed by atoms with Gasteiger partial charge in [0.15, 0.2) is 0 Å². The van der Waals surface area contributed by atoms with Gasteiger partial charge in [0.2, 0.25) is 0 Å². The first-order chi connectivity index (χ1) is 7.38. The van der Waals surface area contributed by atoms with Crippen LogP contribution in [-0.2, 0) is 6.54 Å². The fourth-order valence-corrected chi connectivity index (χ4v) is 1.83. The quantitative estimate of drug-likeness (QED) is 0.814. The van der Waals surface area contributed by atoms with Crippen LogP contribution in [0.25, 0.3) is 0 Å². The molecule has 1 aliphatic heterocycles. The Hall–Kier alpha value is -1.06. The molecule has 0 saturated carbocycles. The predicted octanol–water partition coefficient (Wildman–Crippen LogP) is 1.60. The summed E-state index contributed by atoms with van der Waals surface area (Å²) >= 11 is 0. The molecule has 0 unspecified atom stereocenters. The first-order valence-electron chi connectivity index (χ1n) is 5.49. The van der Waals surface area contributed by atoms with Gasteiger partial charge in [0.1, 0.15) is 11.9 Å². The second-order valence-corrected chi connectivity index (χ2v) is 3.89. The van der Waals surface area contributed by atoms with E-state index in [1.807, 2.05) is 24.3 Å². The van der Waals surface area contributed by atoms with Crippen molar-refractivity contribution < 1.29 is 4.74 Å². The molecule has 0 atom stereocenters. The van der Waals surface area contributed by atoms with Gasteiger partial charge in [-0.1, -0.05) is 12.1 Å². The van der Waals surface area contributed by atoms with Crippen LogP contribution in [0.5, 0.6) is 5.75 Å². The maximum atomic E-state index is 7.29. The highest BCUT2D eigenvalue weighted by molar-refractivity contribution is 5.28. The van der Waals surface area contributed by atoms with Crippen molar-refractivity contribution >= 4 is 0 Å². The second-order valence-electron chi connectivity index (χ2n) is 3.89. The molecule has 81 valence electrons. The topological polar surface area (TPSA) is 45.1 Å². The number of hydrogen-bond acceptors (Lipinski definition) is 2. The third-order valence-corrected chi connectivity index (χ3v) is 2.69. The molecule has 0 aliphatic carbocycles. The molecule has 3 nitrogen and oxygen atoms in total. The van der Waals surface area contributed by atoms with Crippen molar-refractivity contribution in [1.82, 2.24) is 11.1 Å². The normalized spacial score (nSPS) is 17.7. The van der Waals surface area contributed by atoms with Gasteiger partial charge in [0, 0.05) is 6.54 Å². The van der Waals surface area contributed by atoms with E-state index in [-0.39, 0.29) is 0 Å². The Labute approximate surface area is 90.6 Å². The molecule has 0 bridgehead atoms. The number of nitrogens with one attached hydrogen (secondary N) is 2. The molecule has 0 aromatic heterocycles. The molecular formula is C12H17N2O. The van der Waals surface area contributed by atoms with Crippen LogP contribution >= 0.6 is 0 Å². The Bertz CT molecular complexity index is 308. The van der Waals surface area contributed by atoms with Crippen molar-refractivity contribution in [3.8, 4) is 5.75 Å². The summed E-state index contributed by atoms with van der Waals surface area (Å²) in [5.74, 6) is 0.909. The van der Waals surface area contributed by atoms with E-state index in [0.717, 1.165) is 37.2 Å². The second kappa shape index (κ2) is 5.14. The Morgan fingerprint density at radius 2 is 2.13 bits per heavy atom. The molecule has 2 rings (SSSR count). The Morgan fingerprint density at radius 1 is 1.33 bits per heavy atom. The summed E-state index contributed by atoms with van der Waals surface area (Å²) < 4.78 is 5.87. The van der Waals surface area contributed by atoms with Gasteiger partial charge in [0.25, 0.3) is 0 Å². The molecule has 1 fully saturated rings. The van der Waals surface area contributed by atoms with Crippen LogP contribution in [0.4, 0.5) is 0 Å². The number of benzene rings is 1. The maximum absolute atomic E-state index is 7.29. The van der Waals surface area contributed by atoms with Crippen LogP contribution in [0.3, 0.4) is 0 Å². The molecule has 3 heteroatoms. The summed E-state index contributed by atoms with van der Waals surface area (Å²) in [4.78, 5) is 0. The van der Waals surface area contributed by atoms with Gasteiger partial charge < -0.3 is 10.1 Å². The lowest BCUT2D eigenvalue weighted by Crippen LogP contribution is -2.34. The average molecular weight is 205 g/mol. The Kier molecular flexibility index (Phi) is 3.59. The number of hydrogen-bond donors (Lipinski definition) is 1. The zero-order valence-electron chi connectivity index (χ0n) is 8.83. The van der Waals surface area contributed by atoms with Gasteiger partial charge in [-0.2, -0.15) is 0 Å². The zero-order chi connectivity index (χ0) is 10.5. The van der Waals surface area contributed by atoms with Crippen molar-refractivity contribution in [2.45, 2.75) is 25.5 Å². The van der Waals surface area contributed by atoms with Crippen molar-refractivity contribution in [2.24, 2.45) is 0 Å². The van der Waals surface area contributed by atoms with Gasteiger partial charge in [-0.25, -0.2) is 0 Å². The minimum absolute atomic E-state index is 0.323. The van der Waals surface area contributed by atoms with Crippen LogP contribution in [0, 0.1) is 0 Å². The van der Waals surface area contributed by atoms with Crippen LogP contribution in [0.2, 0.25) is 0 Å². The summed E-state index contributed by atoms with van der Waals surface area (Å²) in [7, 11) is 0. The van der Waals surface area contributed by atoms with Crippen LogP contribution in [0.15, 0.2) is 24.3 Å². The summed E-state index contributed by atoms with van der Waals surface area (Å²) in [6.45, 7) is 2.41. The van der Waals surface area contributed by atoms with Gasteiger partial charge in [-0.05, 0) is 43.6 Å². The standard InChI is InChI=1S/C12H17N2O/c13-9-10-2-1-3-12(8-10)15-11-4-6-14-7-5-11/h1-3,8,11,13-14H,4-7,9H2. The van der Waals surface area contributed by atoms with Gasteiger partial charge in [-0.3, -0.25) is 5.73 Å². The highest BCUT2D eigenvalue weighted by Crippen LogP contribution is 2.18. The first-order valence-corrected chi connectivity index (χ1v) is 5.49. The lowest BCUT2D eigenvalue weighted by atomic mass is 10.1. The average Bonchev–Trinajstić information content (AvgIpc) is 2.31. The maximum Gasteiger partial charge on any atom is 0.120 e. The molecule has 15 heavy (non-hydrogen) atoms. The van der Waals surface area contributed by atoms with E-state index in [2.05, 4.69) is 5.32 Å². The molecule has 1 saturated heterocycles. The van der Waals surface area contributed by atoms with E-state index < -0.39 is 0 Å². The Morgan fingerprint density at radius 3 is 2.87 bits per heavy atom. The molecule has 1 radical (unpaired) electrons.